The first-order valence-corrected chi connectivity index (χ1v) is 10.9. The summed E-state index contributed by atoms with van der Waals surface area (Å²) in [5, 5.41) is 8.72. The third kappa shape index (κ3) is 5.19. The molecule has 4 rings (SSSR count). The standard InChI is InChI=1S/C23H22N6O2S/c1-29-15-14-24-21(29)20-19(16-8-4-2-5-9-16)28-23(32-20)27-18(30)12-13-25-22(31)26-17-10-6-3-7-11-17/h2-11,14-15H,12-13H2,1H3,(H2,25,26,31)(H,27,28,30). The minimum Gasteiger partial charge on any atom is -0.337 e. The molecule has 8 nitrogen and oxygen atoms in total. The summed E-state index contributed by atoms with van der Waals surface area (Å²) in [5.41, 5.74) is 2.40. The Hall–Kier alpha value is -3.98. The third-order valence-electron chi connectivity index (χ3n) is 4.61. The molecule has 2 aromatic heterocycles. The number of imidazole rings is 1. The molecule has 0 saturated heterocycles. The van der Waals surface area contributed by atoms with Crippen molar-refractivity contribution in [1.82, 2.24) is 19.9 Å². The molecule has 9 heteroatoms. The summed E-state index contributed by atoms with van der Waals surface area (Å²) in [6.07, 6.45) is 3.72. The second-order valence-corrected chi connectivity index (χ2v) is 7.97. The summed E-state index contributed by atoms with van der Waals surface area (Å²) in [4.78, 5) is 34.3. The molecule has 0 spiro atoms. The first kappa shape index (κ1) is 21.3. The van der Waals surface area contributed by atoms with E-state index in [-0.39, 0.29) is 24.9 Å². The second kappa shape index (κ2) is 9.88. The monoisotopic (exact) mass is 446 g/mol. The number of carbonyl (C=O) groups excluding carboxylic acids is 2. The molecule has 0 radical (unpaired) electrons. The van der Waals surface area contributed by atoms with Gasteiger partial charge in [0.25, 0.3) is 0 Å². The minimum absolute atomic E-state index is 0.125. The summed E-state index contributed by atoms with van der Waals surface area (Å²) in [5.74, 6) is 0.547. The lowest BCUT2D eigenvalue weighted by Crippen LogP contribution is -2.31. The maximum absolute atomic E-state index is 12.4. The Morgan fingerprint density at radius 3 is 2.41 bits per heavy atom. The number of carbonyl (C=O) groups is 2. The normalized spacial score (nSPS) is 10.5. The molecule has 4 aromatic rings. The number of benzene rings is 2. The van der Waals surface area contributed by atoms with Crippen LogP contribution in [0.3, 0.4) is 0 Å². The lowest BCUT2D eigenvalue weighted by Gasteiger charge is -2.07. The molecule has 0 aliphatic heterocycles. The highest BCUT2D eigenvalue weighted by Gasteiger charge is 2.19. The van der Waals surface area contributed by atoms with Gasteiger partial charge in [-0.3, -0.25) is 4.79 Å². The lowest BCUT2D eigenvalue weighted by molar-refractivity contribution is -0.116. The van der Waals surface area contributed by atoms with Gasteiger partial charge in [0.05, 0.1) is 10.6 Å². The number of aryl methyl sites for hydroxylation is 1. The van der Waals surface area contributed by atoms with E-state index in [0.29, 0.717) is 10.8 Å². The first-order valence-electron chi connectivity index (χ1n) is 10.0. The van der Waals surface area contributed by atoms with Crippen LogP contribution < -0.4 is 16.0 Å². The summed E-state index contributed by atoms with van der Waals surface area (Å²) in [6.45, 7) is 0.202. The van der Waals surface area contributed by atoms with E-state index >= 15 is 0 Å². The molecular formula is C23H22N6O2S. The minimum atomic E-state index is -0.360. The molecule has 3 N–H and O–H groups in total. The Bertz CT molecular complexity index is 1200. The van der Waals surface area contributed by atoms with Crippen molar-refractivity contribution in [2.24, 2.45) is 7.05 Å². The molecule has 0 fully saturated rings. The van der Waals surface area contributed by atoms with E-state index in [4.69, 9.17) is 0 Å². The highest BCUT2D eigenvalue weighted by molar-refractivity contribution is 7.19. The highest BCUT2D eigenvalue weighted by atomic mass is 32.1. The van der Waals surface area contributed by atoms with Crippen LogP contribution in [0.5, 0.6) is 0 Å². The van der Waals surface area contributed by atoms with E-state index in [2.05, 4.69) is 25.9 Å². The van der Waals surface area contributed by atoms with E-state index in [1.807, 2.05) is 66.3 Å². The predicted octanol–water partition coefficient (Wildman–Crippen LogP) is 4.36. The molecule has 0 aliphatic carbocycles. The van der Waals surface area contributed by atoms with Gasteiger partial charge in [-0.2, -0.15) is 0 Å². The van der Waals surface area contributed by atoms with Gasteiger partial charge < -0.3 is 20.5 Å². The number of nitrogens with one attached hydrogen (secondary N) is 3. The second-order valence-electron chi connectivity index (χ2n) is 6.97. The lowest BCUT2D eigenvalue weighted by atomic mass is 10.1. The van der Waals surface area contributed by atoms with Gasteiger partial charge in [0.2, 0.25) is 5.91 Å². The number of hydrogen-bond donors (Lipinski definition) is 3. The van der Waals surface area contributed by atoms with Crippen LogP contribution in [0.4, 0.5) is 15.6 Å². The summed E-state index contributed by atoms with van der Waals surface area (Å²) in [7, 11) is 1.92. The number of nitrogens with zero attached hydrogens (tertiary/aromatic N) is 3. The fraction of sp³-hybridized carbons (Fsp3) is 0.130. The van der Waals surface area contributed by atoms with Crippen molar-refractivity contribution < 1.29 is 9.59 Å². The summed E-state index contributed by atoms with van der Waals surface area (Å²) in [6, 6.07) is 18.5. The maximum Gasteiger partial charge on any atom is 0.319 e. The first-order chi connectivity index (χ1) is 15.6. The fourth-order valence-corrected chi connectivity index (χ4v) is 4.11. The molecule has 0 bridgehead atoms. The number of hydrogen-bond acceptors (Lipinski definition) is 5. The number of anilines is 2. The Labute approximate surface area is 189 Å². The van der Waals surface area contributed by atoms with Crippen LogP contribution in [0, 0.1) is 0 Å². The van der Waals surface area contributed by atoms with Gasteiger partial charge in [0, 0.05) is 43.7 Å². The Morgan fingerprint density at radius 2 is 1.72 bits per heavy atom. The fourth-order valence-electron chi connectivity index (χ4n) is 3.07. The van der Waals surface area contributed by atoms with Gasteiger partial charge in [-0.05, 0) is 12.1 Å². The zero-order valence-corrected chi connectivity index (χ0v) is 18.2. The quantitative estimate of drug-likeness (QED) is 0.393. The van der Waals surface area contributed by atoms with Crippen molar-refractivity contribution in [1.29, 1.82) is 0 Å². The Balaban J connectivity index is 1.39. The highest BCUT2D eigenvalue weighted by Crippen LogP contribution is 2.38. The van der Waals surface area contributed by atoms with Crippen LogP contribution in [0.25, 0.3) is 22.0 Å². The van der Waals surface area contributed by atoms with E-state index in [0.717, 1.165) is 22.0 Å². The van der Waals surface area contributed by atoms with Gasteiger partial charge in [-0.1, -0.05) is 59.9 Å². The van der Waals surface area contributed by atoms with Crippen LogP contribution in [-0.2, 0) is 11.8 Å². The smallest absolute Gasteiger partial charge is 0.319 e. The van der Waals surface area contributed by atoms with Crippen molar-refractivity contribution in [3.05, 3.63) is 73.1 Å². The van der Waals surface area contributed by atoms with E-state index < -0.39 is 0 Å². The van der Waals surface area contributed by atoms with E-state index in [1.54, 1.807) is 18.3 Å². The van der Waals surface area contributed by atoms with Gasteiger partial charge in [0.15, 0.2) is 11.0 Å². The van der Waals surface area contributed by atoms with Crippen molar-refractivity contribution in [3.8, 4) is 22.0 Å². The molecule has 0 atom stereocenters. The van der Waals surface area contributed by atoms with Gasteiger partial charge in [-0.25, -0.2) is 14.8 Å². The van der Waals surface area contributed by atoms with Gasteiger partial charge in [0.1, 0.15) is 0 Å². The van der Waals surface area contributed by atoms with Crippen LogP contribution >= 0.6 is 11.3 Å². The van der Waals surface area contributed by atoms with Gasteiger partial charge in [-0.15, -0.1) is 0 Å². The number of thiazole rings is 1. The summed E-state index contributed by atoms with van der Waals surface area (Å²) >= 11 is 1.37. The van der Waals surface area contributed by atoms with Crippen LogP contribution in [0.1, 0.15) is 6.42 Å². The molecule has 0 aliphatic rings. The molecule has 162 valence electrons. The molecule has 3 amide bonds. The molecular weight excluding hydrogens is 424 g/mol. The van der Waals surface area contributed by atoms with Crippen LogP contribution in [0.15, 0.2) is 73.1 Å². The zero-order chi connectivity index (χ0) is 22.3. The van der Waals surface area contributed by atoms with Crippen molar-refractivity contribution >= 4 is 34.1 Å². The molecule has 32 heavy (non-hydrogen) atoms. The SMILES string of the molecule is Cn1ccnc1-c1sc(NC(=O)CCNC(=O)Nc2ccccc2)nc1-c1ccccc1. The van der Waals surface area contributed by atoms with Gasteiger partial charge >= 0.3 is 6.03 Å². The molecule has 0 unspecified atom stereocenters. The number of aromatic nitrogens is 3. The van der Waals surface area contributed by atoms with Crippen molar-refractivity contribution in [2.75, 3.05) is 17.2 Å². The number of para-hydroxylation sites is 1. The topological polar surface area (TPSA) is 101 Å². The molecule has 0 saturated carbocycles. The van der Waals surface area contributed by atoms with E-state index in [9.17, 15) is 9.59 Å². The predicted molar refractivity (Wildman–Crippen MR) is 126 cm³/mol. The zero-order valence-electron chi connectivity index (χ0n) is 17.4. The van der Waals surface area contributed by atoms with Crippen molar-refractivity contribution in [3.63, 3.8) is 0 Å². The molecule has 2 heterocycles. The average molecular weight is 447 g/mol. The number of amides is 3. The largest absolute Gasteiger partial charge is 0.337 e. The Morgan fingerprint density at radius 1 is 1.00 bits per heavy atom. The Kier molecular flexibility index (Phi) is 6.57. The van der Waals surface area contributed by atoms with Crippen molar-refractivity contribution in [2.45, 2.75) is 6.42 Å². The molecule has 2 aromatic carbocycles. The van der Waals surface area contributed by atoms with Crippen LogP contribution in [-0.4, -0.2) is 33.0 Å². The maximum atomic E-state index is 12.4. The summed E-state index contributed by atoms with van der Waals surface area (Å²) < 4.78 is 1.92. The third-order valence-corrected chi connectivity index (χ3v) is 5.58. The van der Waals surface area contributed by atoms with Crippen LogP contribution in [0.2, 0.25) is 0 Å². The van der Waals surface area contributed by atoms with E-state index in [1.165, 1.54) is 11.3 Å². The number of rotatable bonds is 7. The number of urea groups is 1. The average Bonchev–Trinajstić information content (AvgIpc) is 3.40.